The molecule has 0 saturated heterocycles. The van der Waals surface area contributed by atoms with Crippen molar-refractivity contribution >= 4 is 24.0 Å². The number of halogens is 2. The molecule has 0 aliphatic carbocycles. The van der Waals surface area contributed by atoms with E-state index in [1.54, 1.807) is 0 Å². The third-order valence-electron chi connectivity index (χ3n) is 2.22. The summed E-state index contributed by atoms with van der Waals surface area (Å²) in [5.74, 6) is 0. The number of benzene rings is 1. The zero-order valence-corrected chi connectivity index (χ0v) is 12.0. The van der Waals surface area contributed by atoms with Crippen molar-refractivity contribution in [2.75, 3.05) is 13.2 Å². The van der Waals surface area contributed by atoms with Crippen molar-refractivity contribution < 1.29 is 4.74 Å². The van der Waals surface area contributed by atoms with Gasteiger partial charge in [-0.1, -0.05) is 29.8 Å². The van der Waals surface area contributed by atoms with Crippen LogP contribution in [-0.4, -0.2) is 19.3 Å². The maximum absolute atomic E-state index is 6.04. The fourth-order valence-corrected chi connectivity index (χ4v) is 1.58. The van der Waals surface area contributed by atoms with Crippen LogP contribution in [0.2, 0.25) is 5.02 Å². The number of ether oxygens (including phenoxy) is 1. The van der Waals surface area contributed by atoms with E-state index in [-0.39, 0.29) is 12.4 Å². The van der Waals surface area contributed by atoms with Gasteiger partial charge in [0.2, 0.25) is 0 Å². The van der Waals surface area contributed by atoms with E-state index in [0.717, 1.165) is 36.7 Å². The average molecular weight is 278 g/mol. The lowest BCUT2D eigenvalue weighted by molar-refractivity contribution is 0.0770. The molecule has 0 unspecified atom stereocenters. The van der Waals surface area contributed by atoms with E-state index >= 15 is 0 Å². The zero-order valence-electron chi connectivity index (χ0n) is 10.4. The van der Waals surface area contributed by atoms with Gasteiger partial charge in [0.05, 0.1) is 6.10 Å². The fraction of sp³-hybridized carbons (Fsp3) is 0.538. The average Bonchev–Trinajstić information content (AvgIpc) is 2.25. The summed E-state index contributed by atoms with van der Waals surface area (Å²) in [5, 5.41) is 4.18. The molecule has 1 N–H and O–H groups in total. The molecule has 0 aliphatic heterocycles. The van der Waals surface area contributed by atoms with Gasteiger partial charge in [0.25, 0.3) is 0 Å². The molecule has 0 aliphatic rings. The molecule has 4 heteroatoms. The van der Waals surface area contributed by atoms with Gasteiger partial charge in [-0.05, 0) is 38.4 Å². The van der Waals surface area contributed by atoms with Crippen molar-refractivity contribution in [2.24, 2.45) is 0 Å². The first-order chi connectivity index (χ1) is 7.70. The van der Waals surface area contributed by atoms with Crippen molar-refractivity contribution in [3.05, 3.63) is 34.9 Å². The number of hydrogen-bond donors (Lipinski definition) is 1. The highest BCUT2D eigenvalue weighted by atomic mass is 35.5. The standard InChI is InChI=1S/C13H20ClNO.ClH/c1-11(2)16-9-5-8-15-10-12-6-3-4-7-13(12)14;/h3-4,6-7,11,15H,5,8-10H2,1-2H3;1H. The first-order valence-corrected chi connectivity index (χ1v) is 6.13. The molecule has 1 rings (SSSR count). The van der Waals surface area contributed by atoms with Gasteiger partial charge in [-0.25, -0.2) is 0 Å². The molecule has 0 bridgehead atoms. The summed E-state index contributed by atoms with van der Waals surface area (Å²) in [6.45, 7) is 6.70. The van der Waals surface area contributed by atoms with Gasteiger partial charge < -0.3 is 10.1 Å². The van der Waals surface area contributed by atoms with Gasteiger partial charge >= 0.3 is 0 Å². The second-order valence-corrected chi connectivity index (χ2v) is 4.45. The minimum Gasteiger partial charge on any atom is -0.379 e. The second kappa shape index (κ2) is 9.72. The Morgan fingerprint density at radius 3 is 2.65 bits per heavy atom. The monoisotopic (exact) mass is 277 g/mol. The lowest BCUT2D eigenvalue weighted by atomic mass is 10.2. The highest BCUT2D eigenvalue weighted by Crippen LogP contribution is 2.14. The minimum atomic E-state index is 0. The van der Waals surface area contributed by atoms with Gasteiger partial charge in [0.15, 0.2) is 0 Å². The molecule has 0 fully saturated rings. The summed E-state index contributed by atoms with van der Waals surface area (Å²) in [5.41, 5.74) is 1.15. The highest BCUT2D eigenvalue weighted by molar-refractivity contribution is 6.31. The quantitative estimate of drug-likeness (QED) is 0.768. The van der Waals surface area contributed by atoms with Crippen molar-refractivity contribution in [2.45, 2.75) is 32.9 Å². The smallest absolute Gasteiger partial charge is 0.0518 e. The largest absolute Gasteiger partial charge is 0.379 e. The summed E-state index contributed by atoms with van der Waals surface area (Å²) in [4.78, 5) is 0. The Kier molecular flexibility index (Phi) is 9.56. The van der Waals surface area contributed by atoms with E-state index in [1.807, 2.05) is 24.3 Å². The summed E-state index contributed by atoms with van der Waals surface area (Å²) in [7, 11) is 0. The Morgan fingerprint density at radius 2 is 2.00 bits per heavy atom. The normalized spacial score (nSPS) is 10.4. The maximum Gasteiger partial charge on any atom is 0.0518 e. The predicted octanol–water partition coefficient (Wildman–Crippen LogP) is 3.67. The van der Waals surface area contributed by atoms with Gasteiger partial charge in [0, 0.05) is 18.2 Å². The zero-order chi connectivity index (χ0) is 11.8. The molecule has 1 aromatic rings. The number of rotatable bonds is 7. The van der Waals surface area contributed by atoms with Crippen molar-refractivity contribution in [1.29, 1.82) is 0 Å². The molecule has 0 atom stereocenters. The van der Waals surface area contributed by atoms with E-state index in [0.29, 0.717) is 6.10 Å². The molecular formula is C13H21Cl2NO. The van der Waals surface area contributed by atoms with Crippen LogP contribution in [0, 0.1) is 0 Å². The van der Waals surface area contributed by atoms with Crippen LogP contribution in [0.3, 0.4) is 0 Å². The molecule has 0 amide bonds. The molecule has 98 valence electrons. The Morgan fingerprint density at radius 1 is 1.29 bits per heavy atom. The molecule has 17 heavy (non-hydrogen) atoms. The van der Waals surface area contributed by atoms with Crippen LogP contribution in [0.4, 0.5) is 0 Å². The molecule has 0 heterocycles. The van der Waals surface area contributed by atoms with Gasteiger partial charge in [-0.2, -0.15) is 0 Å². The molecular weight excluding hydrogens is 257 g/mol. The Bertz CT molecular complexity index is 305. The van der Waals surface area contributed by atoms with E-state index in [4.69, 9.17) is 16.3 Å². The van der Waals surface area contributed by atoms with Crippen LogP contribution in [0.5, 0.6) is 0 Å². The lowest BCUT2D eigenvalue weighted by Crippen LogP contribution is -2.17. The van der Waals surface area contributed by atoms with Crippen LogP contribution in [0.25, 0.3) is 0 Å². The summed E-state index contributed by atoms with van der Waals surface area (Å²) < 4.78 is 5.45. The predicted molar refractivity (Wildman–Crippen MR) is 76.1 cm³/mol. The van der Waals surface area contributed by atoms with Crippen LogP contribution in [0.1, 0.15) is 25.8 Å². The summed E-state index contributed by atoms with van der Waals surface area (Å²) >= 11 is 6.04. The first-order valence-electron chi connectivity index (χ1n) is 5.76. The first kappa shape index (κ1) is 16.7. The Labute approximate surface area is 115 Å². The van der Waals surface area contributed by atoms with E-state index in [2.05, 4.69) is 19.2 Å². The Hall–Kier alpha value is -0.280. The van der Waals surface area contributed by atoms with E-state index in [1.165, 1.54) is 0 Å². The molecule has 0 saturated carbocycles. The molecule has 0 aromatic heterocycles. The summed E-state index contributed by atoms with van der Waals surface area (Å²) in [6.07, 6.45) is 1.35. The molecule has 1 aromatic carbocycles. The lowest BCUT2D eigenvalue weighted by Gasteiger charge is -2.08. The number of hydrogen-bond acceptors (Lipinski definition) is 2. The van der Waals surface area contributed by atoms with Crippen LogP contribution in [0.15, 0.2) is 24.3 Å². The van der Waals surface area contributed by atoms with Crippen LogP contribution >= 0.6 is 24.0 Å². The van der Waals surface area contributed by atoms with Gasteiger partial charge in [-0.3, -0.25) is 0 Å². The number of nitrogens with one attached hydrogen (secondary N) is 1. The molecule has 2 nitrogen and oxygen atoms in total. The second-order valence-electron chi connectivity index (χ2n) is 4.04. The topological polar surface area (TPSA) is 21.3 Å². The van der Waals surface area contributed by atoms with Crippen molar-refractivity contribution in [3.63, 3.8) is 0 Å². The van der Waals surface area contributed by atoms with Crippen molar-refractivity contribution in [3.8, 4) is 0 Å². The Balaban J connectivity index is 0.00000256. The third kappa shape index (κ3) is 7.61. The summed E-state index contributed by atoms with van der Waals surface area (Å²) in [6, 6.07) is 7.91. The highest BCUT2D eigenvalue weighted by Gasteiger charge is 1.98. The van der Waals surface area contributed by atoms with Crippen LogP contribution in [-0.2, 0) is 11.3 Å². The van der Waals surface area contributed by atoms with Crippen molar-refractivity contribution in [1.82, 2.24) is 5.32 Å². The molecule has 0 spiro atoms. The third-order valence-corrected chi connectivity index (χ3v) is 2.59. The van der Waals surface area contributed by atoms with E-state index in [9.17, 15) is 0 Å². The fourth-order valence-electron chi connectivity index (χ4n) is 1.38. The van der Waals surface area contributed by atoms with E-state index < -0.39 is 0 Å². The minimum absolute atomic E-state index is 0. The molecule has 0 radical (unpaired) electrons. The maximum atomic E-state index is 6.04. The van der Waals surface area contributed by atoms with Gasteiger partial charge in [0.1, 0.15) is 0 Å². The van der Waals surface area contributed by atoms with Gasteiger partial charge in [-0.15, -0.1) is 12.4 Å². The van der Waals surface area contributed by atoms with Crippen LogP contribution < -0.4 is 5.32 Å². The SMILES string of the molecule is CC(C)OCCCNCc1ccccc1Cl.Cl.